The van der Waals surface area contributed by atoms with Gasteiger partial charge in [-0.05, 0) is 47.6 Å². The molecule has 0 aliphatic heterocycles. The monoisotopic (exact) mass is 310 g/mol. The van der Waals surface area contributed by atoms with Gasteiger partial charge in [-0.1, -0.05) is 69.6 Å². The Hall–Kier alpha value is -0.560. The lowest BCUT2D eigenvalue weighted by atomic mass is 9.74. The summed E-state index contributed by atoms with van der Waals surface area (Å²) in [5, 5.41) is 0. The molecule has 18 heavy (non-hydrogen) atoms. The zero-order valence-corrected chi connectivity index (χ0v) is 14.5. The minimum atomic E-state index is 0.287. The zero-order chi connectivity index (χ0) is 14.3. The van der Waals surface area contributed by atoms with Gasteiger partial charge in [0.25, 0.3) is 0 Å². The van der Waals surface area contributed by atoms with Crippen LogP contribution in [0.4, 0.5) is 0 Å². The van der Waals surface area contributed by atoms with Crippen LogP contribution in [0.25, 0.3) is 5.57 Å². The molecule has 0 unspecified atom stereocenters. The van der Waals surface area contributed by atoms with Gasteiger partial charge in [0.05, 0.1) is 0 Å². The normalized spacial score (nSPS) is 15.2. The molecule has 1 heteroatoms. The van der Waals surface area contributed by atoms with Crippen molar-refractivity contribution in [3.05, 3.63) is 39.9 Å². The van der Waals surface area contributed by atoms with Gasteiger partial charge in [-0.2, -0.15) is 0 Å². The predicted molar refractivity (Wildman–Crippen MR) is 88.1 cm³/mol. The number of hydrogen-bond acceptors (Lipinski definition) is 0. The molecule has 0 fully saturated rings. The van der Waals surface area contributed by atoms with Gasteiger partial charge in [0.15, 0.2) is 0 Å². The van der Waals surface area contributed by atoms with Crippen LogP contribution in [0.5, 0.6) is 0 Å². The summed E-state index contributed by atoms with van der Waals surface area (Å²) in [5.74, 6) is 0. The third-order valence-electron chi connectivity index (χ3n) is 3.05. The molecule has 0 N–H and O–H groups in total. The fraction of sp³-hybridized carbons (Fsp3) is 0.529. The van der Waals surface area contributed by atoms with E-state index in [9.17, 15) is 0 Å². The highest BCUT2D eigenvalue weighted by Crippen LogP contribution is 2.39. The van der Waals surface area contributed by atoms with Gasteiger partial charge >= 0.3 is 0 Å². The minimum Gasteiger partial charge on any atom is -0.0801 e. The van der Waals surface area contributed by atoms with Gasteiger partial charge in [0.1, 0.15) is 0 Å². The van der Waals surface area contributed by atoms with E-state index in [0.29, 0.717) is 0 Å². The second-order valence-corrected chi connectivity index (χ2v) is 5.58. The number of benzene rings is 1. The standard InChI is InChI=1S/C13H15Br.2C2H6/c1-9-6-7-13(2,3)12-5-4-10(14)8-11(9)12;2*1-2/h4-6,8H,7H2,1-3H3;2*1-2H3. The van der Waals surface area contributed by atoms with E-state index in [-0.39, 0.29) is 5.41 Å². The molecule has 1 aliphatic carbocycles. The molecule has 0 saturated heterocycles. The molecule has 1 aromatic rings. The Labute approximate surface area is 122 Å². The Morgan fingerprint density at radius 1 is 1.06 bits per heavy atom. The first-order chi connectivity index (χ1) is 8.50. The van der Waals surface area contributed by atoms with Crippen molar-refractivity contribution in [3.63, 3.8) is 0 Å². The van der Waals surface area contributed by atoms with Crippen LogP contribution in [0, 0.1) is 0 Å². The van der Waals surface area contributed by atoms with Gasteiger partial charge in [0, 0.05) is 4.47 Å². The molecule has 2 rings (SSSR count). The number of allylic oxidation sites excluding steroid dienone is 2. The van der Waals surface area contributed by atoms with Gasteiger partial charge in [-0.25, -0.2) is 0 Å². The first kappa shape index (κ1) is 17.4. The van der Waals surface area contributed by atoms with E-state index in [4.69, 9.17) is 0 Å². The number of rotatable bonds is 0. The van der Waals surface area contributed by atoms with E-state index in [1.54, 1.807) is 0 Å². The molecule has 0 spiro atoms. The van der Waals surface area contributed by atoms with Crippen molar-refractivity contribution in [2.24, 2.45) is 0 Å². The molecule has 0 bridgehead atoms. The molecule has 0 atom stereocenters. The molecule has 102 valence electrons. The van der Waals surface area contributed by atoms with Gasteiger partial charge in [-0.15, -0.1) is 0 Å². The summed E-state index contributed by atoms with van der Waals surface area (Å²) >= 11 is 3.53. The van der Waals surface area contributed by atoms with E-state index in [1.807, 2.05) is 27.7 Å². The lowest BCUT2D eigenvalue weighted by Crippen LogP contribution is -2.21. The smallest absolute Gasteiger partial charge is 0.0181 e. The molecule has 1 aliphatic rings. The van der Waals surface area contributed by atoms with Gasteiger partial charge in [-0.3, -0.25) is 0 Å². The quantitative estimate of drug-likeness (QED) is 0.507. The summed E-state index contributed by atoms with van der Waals surface area (Å²) < 4.78 is 1.17. The van der Waals surface area contributed by atoms with E-state index < -0.39 is 0 Å². The summed E-state index contributed by atoms with van der Waals surface area (Å²) in [4.78, 5) is 0. The zero-order valence-electron chi connectivity index (χ0n) is 12.9. The molecule has 0 radical (unpaired) electrons. The van der Waals surface area contributed by atoms with Crippen LogP contribution in [0.1, 0.15) is 66.0 Å². The first-order valence-corrected chi connectivity index (χ1v) is 7.77. The average Bonchev–Trinajstić information content (AvgIpc) is 2.39. The fourth-order valence-corrected chi connectivity index (χ4v) is 2.42. The summed E-state index contributed by atoms with van der Waals surface area (Å²) in [6.45, 7) is 14.8. The topological polar surface area (TPSA) is 0 Å². The van der Waals surface area contributed by atoms with Crippen LogP contribution in [0.15, 0.2) is 28.7 Å². The van der Waals surface area contributed by atoms with Crippen molar-refractivity contribution >= 4 is 21.5 Å². The van der Waals surface area contributed by atoms with Crippen molar-refractivity contribution in [1.82, 2.24) is 0 Å². The van der Waals surface area contributed by atoms with Crippen molar-refractivity contribution < 1.29 is 0 Å². The van der Waals surface area contributed by atoms with Gasteiger partial charge < -0.3 is 0 Å². The molecule has 0 heterocycles. The van der Waals surface area contributed by atoms with Crippen molar-refractivity contribution in [2.45, 2.75) is 60.3 Å². The molecular formula is C17H27Br. The van der Waals surface area contributed by atoms with Crippen LogP contribution in [-0.2, 0) is 5.41 Å². The van der Waals surface area contributed by atoms with Crippen molar-refractivity contribution in [1.29, 1.82) is 0 Å². The fourth-order valence-electron chi connectivity index (χ4n) is 2.06. The Balaban J connectivity index is 0.000000659. The molecule has 0 saturated carbocycles. The van der Waals surface area contributed by atoms with Crippen molar-refractivity contribution in [2.75, 3.05) is 0 Å². The van der Waals surface area contributed by atoms with Crippen molar-refractivity contribution in [3.8, 4) is 0 Å². The molecular weight excluding hydrogens is 284 g/mol. The Morgan fingerprint density at radius 2 is 1.61 bits per heavy atom. The maximum absolute atomic E-state index is 3.53. The summed E-state index contributed by atoms with van der Waals surface area (Å²) in [6, 6.07) is 6.61. The van der Waals surface area contributed by atoms with Crippen LogP contribution in [0.2, 0.25) is 0 Å². The molecule has 1 aromatic carbocycles. The second-order valence-electron chi connectivity index (χ2n) is 4.67. The molecule has 0 amide bonds. The van der Waals surface area contributed by atoms with E-state index >= 15 is 0 Å². The minimum absolute atomic E-state index is 0.287. The number of hydrogen-bond donors (Lipinski definition) is 0. The van der Waals surface area contributed by atoms with Crippen LogP contribution >= 0.6 is 15.9 Å². The number of halogens is 1. The van der Waals surface area contributed by atoms with Gasteiger partial charge in [0.2, 0.25) is 0 Å². The Bertz CT molecular complexity index is 400. The Morgan fingerprint density at radius 3 is 2.17 bits per heavy atom. The van der Waals surface area contributed by atoms with Crippen LogP contribution in [-0.4, -0.2) is 0 Å². The maximum atomic E-state index is 3.53. The highest BCUT2D eigenvalue weighted by Gasteiger charge is 2.26. The average molecular weight is 311 g/mol. The second kappa shape index (κ2) is 7.78. The SMILES string of the molecule is CC.CC.CC1=CCC(C)(C)c2ccc(Br)cc21. The van der Waals surface area contributed by atoms with Crippen LogP contribution in [0.3, 0.4) is 0 Å². The summed E-state index contributed by atoms with van der Waals surface area (Å²) in [7, 11) is 0. The summed E-state index contributed by atoms with van der Waals surface area (Å²) in [5.41, 5.74) is 4.56. The van der Waals surface area contributed by atoms with E-state index in [0.717, 1.165) is 6.42 Å². The van der Waals surface area contributed by atoms with E-state index in [1.165, 1.54) is 21.2 Å². The van der Waals surface area contributed by atoms with Crippen LogP contribution < -0.4 is 0 Å². The largest absolute Gasteiger partial charge is 0.0801 e. The predicted octanol–water partition coefficient (Wildman–Crippen LogP) is 6.59. The molecule has 0 aromatic heterocycles. The third kappa shape index (κ3) is 3.98. The third-order valence-corrected chi connectivity index (χ3v) is 3.55. The van der Waals surface area contributed by atoms with E-state index in [2.05, 4.69) is 61.0 Å². The highest BCUT2D eigenvalue weighted by atomic mass is 79.9. The first-order valence-electron chi connectivity index (χ1n) is 6.98. The molecule has 0 nitrogen and oxygen atoms in total. The lowest BCUT2D eigenvalue weighted by molar-refractivity contribution is 0.527. The number of fused-ring (bicyclic) bond motifs is 1. The Kier molecular flexibility index (Phi) is 7.54. The lowest BCUT2D eigenvalue weighted by Gasteiger charge is -2.31. The maximum Gasteiger partial charge on any atom is 0.0181 e. The summed E-state index contributed by atoms with van der Waals surface area (Å²) in [6.07, 6.45) is 3.49. The highest BCUT2D eigenvalue weighted by molar-refractivity contribution is 9.10.